The van der Waals surface area contributed by atoms with Crippen molar-refractivity contribution in [3.8, 4) is 16.9 Å². The number of methoxy groups -OCH3 is 1. The van der Waals surface area contributed by atoms with E-state index in [2.05, 4.69) is 60.1 Å². The molecule has 20 heavy (non-hydrogen) atoms. The number of halogens is 1. The summed E-state index contributed by atoms with van der Waals surface area (Å²) in [5.41, 5.74) is 3.68. The Morgan fingerprint density at radius 1 is 1.05 bits per heavy atom. The van der Waals surface area contributed by atoms with Crippen molar-refractivity contribution in [3.63, 3.8) is 0 Å². The first-order valence-electron chi connectivity index (χ1n) is 6.63. The Balaban J connectivity index is 2.35. The third-order valence-corrected chi connectivity index (χ3v) is 3.81. The number of ether oxygens (including phenoxy) is 2. The molecule has 3 heteroatoms. The molecule has 0 aliphatic carbocycles. The molecule has 0 spiro atoms. The predicted octanol–water partition coefficient (Wildman–Crippen LogP) is 5.22. The van der Waals surface area contributed by atoms with Crippen molar-refractivity contribution in [2.24, 2.45) is 0 Å². The summed E-state index contributed by atoms with van der Waals surface area (Å²) >= 11 is 3.49. The van der Waals surface area contributed by atoms with E-state index in [9.17, 15) is 0 Å². The smallest absolute Gasteiger partial charge is 0.188 e. The third-order valence-electron chi connectivity index (χ3n) is 3.15. The quantitative estimate of drug-likeness (QED) is 0.697. The van der Waals surface area contributed by atoms with Gasteiger partial charge < -0.3 is 9.47 Å². The molecule has 0 amide bonds. The summed E-state index contributed by atoms with van der Waals surface area (Å²) in [6.07, 6.45) is 0. The van der Waals surface area contributed by atoms with E-state index in [-0.39, 0.29) is 6.79 Å². The molecule has 0 saturated heterocycles. The summed E-state index contributed by atoms with van der Waals surface area (Å²) < 4.78 is 11.4. The second kappa shape index (κ2) is 6.91. The SMILES string of the molecule is COCOc1cc(-c2cccc(C(C)C)c2)ccc1Br. The van der Waals surface area contributed by atoms with Gasteiger partial charge in [-0.1, -0.05) is 44.2 Å². The van der Waals surface area contributed by atoms with Crippen LogP contribution in [0.5, 0.6) is 5.75 Å². The van der Waals surface area contributed by atoms with E-state index < -0.39 is 0 Å². The molecule has 0 saturated carbocycles. The molecule has 0 aliphatic rings. The summed E-state index contributed by atoms with van der Waals surface area (Å²) in [7, 11) is 1.61. The van der Waals surface area contributed by atoms with Gasteiger partial charge >= 0.3 is 0 Å². The molecule has 106 valence electrons. The molecule has 0 fully saturated rings. The summed E-state index contributed by atoms with van der Waals surface area (Å²) in [6, 6.07) is 14.7. The van der Waals surface area contributed by atoms with Crippen molar-refractivity contribution in [2.75, 3.05) is 13.9 Å². The van der Waals surface area contributed by atoms with Crippen molar-refractivity contribution in [3.05, 3.63) is 52.5 Å². The minimum atomic E-state index is 0.244. The van der Waals surface area contributed by atoms with E-state index in [1.54, 1.807) is 7.11 Å². The van der Waals surface area contributed by atoms with Crippen LogP contribution in [0.1, 0.15) is 25.3 Å². The van der Waals surface area contributed by atoms with Crippen molar-refractivity contribution in [2.45, 2.75) is 19.8 Å². The Bertz CT molecular complexity index is 579. The molecule has 0 bridgehead atoms. The number of benzene rings is 2. The highest BCUT2D eigenvalue weighted by Gasteiger charge is 2.06. The van der Waals surface area contributed by atoms with Gasteiger partial charge in [-0.05, 0) is 50.7 Å². The van der Waals surface area contributed by atoms with Crippen molar-refractivity contribution in [1.29, 1.82) is 0 Å². The lowest BCUT2D eigenvalue weighted by Gasteiger charge is -2.11. The van der Waals surface area contributed by atoms with Crippen molar-refractivity contribution < 1.29 is 9.47 Å². The lowest BCUT2D eigenvalue weighted by molar-refractivity contribution is 0.0506. The van der Waals surface area contributed by atoms with Gasteiger partial charge in [0, 0.05) is 7.11 Å². The van der Waals surface area contributed by atoms with Crippen LogP contribution >= 0.6 is 15.9 Å². The monoisotopic (exact) mass is 334 g/mol. The third kappa shape index (κ3) is 3.62. The highest BCUT2D eigenvalue weighted by molar-refractivity contribution is 9.10. The highest BCUT2D eigenvalue weighted by atomic mass is 79.9. The van der Waals surface area contributed by atoms with Crippen LogP contribution in [0, 0.1) is 0 Å². The maximum Gasteiger partial charge on any atom is 0.188 e. The van der Waals surface area contributed by atoms with Crippen LogP contribution in [-0.2, 0) is 4.74 Å². The average molecular weight is 335 g/mol. The first kappa shape index (κ1) is 15.1. The standard InChI is InChI=1S/C17H19BrO2/c1-12(2)13-5-4-6-14(9-13)15-7-8-16(18)17(10-15)20-11-19-3/h4-10,12H,11H2,1-3H3. The summed E-state index contributed by atoms with van der Waals surface area (Å²) in [6.45, 7) is 4.65. The fourth-order valence-electron chi connectivity index (χ4n) is 1.99. The van der Waals surface area contributed by atoms with Gasteiger partial charge in [0.15, 0.2) is 6.79 Å². The molecule has 0 aliphatic heterocycles. The van der Waals surface area contributed by atoms with Crippen LogP contribution in [0.4, 0.5) is 0 Å². The fourth-order valence-corrected chi connectivity index (χ4v) is 2.35. The number of hydrogen-bond acceptors (Lipinski definition) is 2. The van der Waals surface area contributed by atoms with Crippen LogP contribution in [-0.4, -0.2) is 13.9 Å². The molecular weight excluding hydrogens is 316 g/mol. The molecular formula is C17H19BrO2. The molecule has 0 unspecified atom stereocenters. The molecule has 0 radical (unpaired) electrons. The number of hydrogen-bond donors (Lipinski definition) is 0. The molecule has 0 heterocycles. The zero-order valence-electron chi connectivity index (χ0n) is 12.0. The lowest BCUT2D eigenvalue weighted by Crippen LogP contribution is -1.99. The van der Waals surface area contributed by atoms with E-state index in [0.29, 0.717) is 5.92 Å². The first-order valence-corrected chi connectivity index (χ1v) is 7.42. The van der Waals surface area contributed by atoms with Gasteiger partial charge in [-0.3, -0.25) is 0 Å². The first-order chi connectivity index (χ1) is 9.61. The van der Waals surface area contributed by atoms with Gasteiger partial charge in [-0.25, -0.2) is 0 Å². The fraction of sp³-hybridized carbons (Fsp3) is 0.294. The van der Waals surface area contributed by atoms with Crippen molar-refractivity contribution in [1.82, 2.24) is 0 Å². The molecule has 0 aromatic heterocycles. The van der Waals surface area contributed by atoms with Crippen LogP contribution in [0.3, 0.4) is 0 Å². The highest BCUT2D eigenvalue weighted by Crippen LogP contribution is 2.32. The van der Waals surface area contributed by atoms with Crippen LogP contribution in [0.25, 0.3) is 11.1 Å². The zero-order chi connectivity index (χ0) is 14.5. The van der Waals surface area contributed by atoms with Gasteiger partial charge in [-0.15, -0.1) is 0 Å². The topological polar surface area (TPSA) is 18.5 Å². The molecule has 2 aromatic carbocycles. The second-order valence-corrected chi connectivity index (χ2v) is 5.83. The van der Waals surface area contributed by atoms with Gasteiger partial charge in [-0.2, -0.15) is 0 Å². The molecule has 0 atom stereocenters. The number of rotatable bonds is 5. The largest absolute Gasteiger partial charge is 0.466 e. The Morgan fingerprint density at radius 3 is 2.50 bits per heavy atom. The summed E-state index contributed by atoms with van der Waals surface area (Å²) in [5.74, 6) is 1.31. The Labute approximate surface area is 128 Å². The van der Waals surface area contributed by atoms with E-state index in [4.69, 9.17) is 9.47 Å². The second-order valence-electron chi connectivity index (χ2n) is 4.98. The maximum atomic E-state index is 5.56. The normalized spacial score (nSPS) is 10.8. The maximum absolute atomic E-state index is 5.56. The molecule has 0 N–H and O–H groups in total. The predicted molar refractivity (Wildman–Crippen MR) is 86.2 cm³/mol. The van der Waals surface area contributed by atoms with Crippen LogP contribution < -0.4 is 4.74 Å². The van der Waals surface area contributed by atoms with E-state index in [0.717, 1.165) is 15.8 Å². The molecule has 2 rings (SSSR count). The van der Waals surface area contributed by atoms with Gasteiger partial charge in [0.2, 0.25) is 0 Å². The molecule has 2 aromatic rings. The minimum absolute atomic E-state index is 0.244. The zero-order valence-corrected chi connectivity index (χ0v) is 13.6. The average Bonchev–Trinajstić information content (AvgIpc) is 2.46. The van der Waals surface area contributed by atoms with E-state index >= 15 is 0 Å². The Hall–Kier alpha value is -1.32. The van der Waals surface area contributed by atoms with E-state index in [1.165, 1.54) is 11.1 Å². The summed E-state index contributed by atoms with van der Waals surface area (Å²) in [4.78, 5) is 0. The van der Waals surface area contributed by atoms with Crippen LogP contribution in [0.2, 0.25) is 0 Å². The lowest BCUT2D eigenvalue weighted by atomic mass is 9.97. The Kier molecular flexibility index (Phi) is 5.21. The van der Waals surface area contributed by atoms with Crippen molar-refractivity contribution >= 4 is 15.9 Å². The van der Waals surface area contributed by atoms with Gasteiger partial charge in [0.05, 0.1) is 4.47 Å². The summed E-state index contributed by atoms with van der Waals surface area (Å²) in [5, 5.41) is 0. The minimum Gasteiger partial charge on any atom is -0.466 e. The van der Waals surface area contributed by atoms with Crippen LogP contribution in [0.15, 0.2) is 46.9 Å². The van der Waals surface area contributed by atoms with E-state index in [1.807, 2.05) is 12.1 Å². The van der Waals surface area contributed by atoms with Gasteiger partial charge in [0.25, 0.3) is 0 Å². The van der Waals surface area contributed by atoms with Gasteiger partial charge in [0.1, 0.15) is 5.75 Å². The Morgan fingerprint density at radius 2 is 1.80 bits per heavy atom. The molecule has 2 nitrogen and oxygen atoms in total.